The zero-order valence-electron chi connectivity index (χ0n) is 18.3. The molecule has 0 aliphatic heterocycles. The van der Waals surface area contributed by atoms with Gasteiger partial charge in [-0.2, -0.15) is 9.97 Å². The van der Waals surface area contributed by atoms with Crippen LogP contribution in [-0.4, -0.2) is 46.3 Å². The SMILES string of the molecule is Cc1ccc(C)c(CNC(=O)OCCCCn2cnc3c(N)nc(N(C)C)nc32)c1F. The monoisotopic (exact) mass is 429 g/mol. The molecule has 9 nitrogen and oxygen atoms in total. The molecule has 2 heterocycles. The van der Waals surface area contributed by atoms with Crippen molar-refractivity contribution in [2.75, 3.05) is 31.3 Å². The lowest BCUT2D eigenvalue weighted by Gasteiger charge is -2.12. The van der Waals surface area contributed by atoms with Gasteiger partial charge in [-0.1, -0.05) is 12.1 Å². The van der Waals surface area contributed by atoms with Crippen molar-refractivity contribution in [2.24, 2.45) is 0 Å². The van der Waals surface area contributed by atoms with Crippen LogP contribution in [0.5, 0.6) is 0 Å². The van der Waals surface area contributed by atoms with Crippen molar-refractivity contribution < 1.29 is 13.9 Å². The maximum Gasteiger partial charge on any atom is 0.407 e. The summed E-state index contributed by atoms with van der Waals surface area (Å²) in [5.41, 5.74) is 9.03. The van der Waals surface area contributed by atoms with Crippen molar-refractivity contribution >= 4 is 29.0 Å². The minimum absolute atomic E-state index is 0.0918. The van der Waals surface area contributed by atoms with Crippen molar-refractivity contribution in [3.05, 3.63) is 41.0 Å². The molecule has 166 valence electrons. The van der Waals surface area contributed by atoms with E-state index in [4.69, 9.17) is 10.5 Å². The first-order chi connectivity index (χ1) is 14.8. The van der Waals surface area contributed by atoms with Gasteiger partial charge in [0.05, 0.1) is 12.9 Å². The number of amides is 1. The lowest BCUT2D eigenvalue weighted by Crippen LogP contribution is -2.25. The van der Waals surface area contributed by atoms with Crippen molar-refractivity contribution in [1.29, 1.82) is 0 Å². The van der Waals surface area contributed by atoms with E-state index in [9.17, 15) is 9.18 Å². The third-order valence-electron chi connectivity index (χ3n) is 4.99. The number of nitrogens with one attached hydrogen (secondary N) is 1. The average molecular weight is 430 g/mol. The Morgan fingerprint density at radius 2 is 1.97 bits per heavy atom. The Balaban J connectivity index is 1.45. The van der Waals surface area contributed by atoms with Crippen LogP contribution in [0.2, 0.25) is 0 Å². The quantitative estimate of drug-likeness (QED) is 0.530. The minimum Gasteiger partial charge on any atom is -0.450 e. The number of nitrogens with zero attached hydrogens (tertiary/aromatic N) is 5. The first kappa shape index (κ1) is 22.3. The fourth-order valence-corrected chi connectivity index (χ4v) is 3.13. The lowest BCUT2D eigenvalue weighted by molar-refractivity contribution is 0.143. The Morgan fingerprint density at radius 1 is 1.23 bits per heavy atom. The number of halogens is 1. The van der Waals surface area contributed by atoms with Gasteiger partial charge in [-0.25, -0.2) is 14.2 Å². The Hall–Kier alpha value is -3.43. The van der Waals surface area contributed by atoms with E-state index in [1.807, 2.05) is 31.7 Å². The molecule has 1 amide bonds. The number of nitrogen functional groups attached to an aromatic ring is 1. The molecule has 0 aliphatic carbocycles. The summed E-state index contributed by atoms with van der Waals surface area (Å²) in [6, 6.07) is 3.55. The standard InChI is InChI=1S/C21H28FN7O2/c1-13-7-8-14(2)16(22)15(13)11-24-21(30)31-10-6-5-9-29-12-25-17-18(23)26-20(28(3)4)27-19(17)29/h7-8,12H,5-6,9-11H2,1-4H3,(H,24,30)(H2,23,26,27). The molecule has 0 atom stereocenters. The van der Waals surface area contributed by atoms with E-state index in [1.54, 1.807) is 24.2 Å². The molecule has 31 heavy (non-hydrogen) atoms. The topological polar surface area (TPSA) is 111 Å². The van der Waals surface area contributed by atoms with Crippen LogP contribution in [0, 0.1) is 19.7 Å². The third kappa shape index (κ3) is 5.19. The van der Waals surface area contributed by atoms with Gasteiger partial charge in [0.15, 0.2) is 11.5 Å². The first-order valence-electron chi connectivity index (χ1n) is 10.1. The van der Waals surface area contributed by atoms with Gasteiger partial charge in [-0.05, 0) is 37.8 Å². The number of carbonyl (C=O) groups excluding carboxylic acids is 1. The van der Waals surface area contributed by atoms with Crippen molar-refractivity contribution in [1.82, 2.24) is 24.8 Å². The van der Waals surface area contributed by atoms with Crippen LogP contribution in [0.25, 0.3) is 11.2 Å². The Kier molecular flexibility index (Phi) is 6.88. The second-order valence-corrected chi connectivity index (χ2v) is 7.60. The third-order valence-corrected chi connectivity index (χ3v) is 4.99. The van der Waals surface area contributed by atoms with Crippen molar-refractivity contribution in [3.8, 4) is 0 Å². The van der Waals surface area contributed by atoms with Gasteiger partial charge in [0.1, 0.15) is 11.3 Å². The summed E-state index contributed by atoms with van der Waals surface area (Å²) in [6.07, 6.45) is 2.53. The highest BCUT2D eigenvalue weighted by atomic mass is 19.1. The summed E-state index contributed by atoms with van der Waals surface area (Å²) in [5.74, 6) is 0.564. The molecule has 3 rings (SSSR count). The number of rotatable bonds is 8. The minimum atomic E-state index is -0.565. The second kappa shape index (κ2) is 9.59. The van der Waals surface area contributed by atoms with Gasteiger partial charge in [-0.3, -0.25) is 0 Å². The molecule has 0 saturated heterocycles. The highest BCUT2D eigenvalue weighted by molar-refractivity contribution is 5.82. The number of anilines is 2. The molecule has 3 N–H and O–H groups in total. The molecular formula is C21H28FN7O2. The van der Waals surface area contributed by atoms with E-state index in [0.29, 0.717) is 47.0 Å². The van der Waals surface area contributed by atoms with E-state index in [1.165, 1.54) is 0 Å². The number of carbonyl (C=O) groups is 1. The predicted molar refractivity (Wildman–Crippen MR) is 117 cm³/mol. The highest BCUT2D eigenvalue weighted by Crippen LogP contribution is 2.20. The molecule has 0 aliphatic rings. The Morgan fingerprint density at radius 3 is 2.71 bits per heavy atom. The molecule has 0 radical (unpaired) electrons. The molecule has 0 bridgehead atoms. The maximum atomic E-state index is 14.2. The van der Waals surface area contributed by atoms with E-state index >= 15 is 0 Å². The molecular weight excluding hydrogens is 401 g/mol. The maximum absolute atomic E-state index is 14.2. The van der Waals surface area contributed by atoms with Crippen molar-refractivity contribution in [3.63, 3.8) is 0 Å². The average Bonchev–Trinajstić information content (AvgIpc) is 3.14. The van der Waals surface area contributed by atoms with Gasteiger partial charge in [-0.15, -0.1) is 0 Å². The van der Waals surface area contributed by atoms with Crippen LogP contribution in [0.1, 0.15) is 29.5 Å². The lowest BCUT2D eigenvalue weighted by atomic mass is 10.0. The number of aryl methyl sites for hydroxylation is 3. The van der Waals surface area contributed by atoms with Crippen molar-refractivity contribution in [2.45, 2.75) is 39.8 Å². The number of benzene rings is 1. The number of nitrogens with two attached hydrogens (primary N) is 1. The number of imidazole rings is 1. The van der Waals surface area contributed by atoms with E-state index < -0.39 is 6.09 Å². The molecule has 10 heteroatoms. The van der Waals surface area contributed by atoms with Crippen LogP contribution < -0.4 is 16.0 Å². The number of unbranched alkanes of at least 4 members (excludes halogenated alkanes) is 1. The number of fused-ring (bicyclic) bond motifs is 1. The predicted octanol–water partition coefficient (Wildman–Crippen LogP) is 2.94. The second-order valence-electron chi connectivity index (χ2n) is 7.60. The summed E-state index contributed by atoms with van der Waals surface area (Å²) in [5, 5.41) is 2.61. The van der Waals surface area contributed by atoms with Crippen LogP contribution in [0.3, 0.4) is 0 Å². The first-order valence-corrected chi connectivity index (χ1v) is 10.1. The molecule has 0 spiro atoms. The fraction of sp³-hybridized carbons (Fsp3) is 0.429. The summed E-state index contributed by atoms with van der Waals surface area (Å²) >= 11 is 0. The summed E-state index contributed by atoms with van der Waals surface area (Å²) in [7, 11) is 3.69. The summed E-state index contributed by atoms with van der Waals surface area (Å²) in [6.45, 7) is 4.51. The molecule has 1 aromatic carbocycles. The normalized spacial score (nSPS) is 11.0. The summed E-state index contributed by atoms with van der Waals surface area (Å²) < 4.78 is 21.3. The Labute approximate surface area is 180 Å². The molecule has 0 unspecified atom stereocenters. The number of hydrogen-bond acceptors (Lipinski definition) is 7. The number of ether oxygens (including phenoxy) is 1. The van der Waals surface area contributed by atoms with Gasteiger partial charge in [0.2, 0.25) is 5.95 Å². The largest absolute Gasteiger partial charge is 0.450 e. The zero-order valence-corrected chi connectivity index (χ0v) is 18.3. The van der Waals surface area contributed by atoms with Crippen LogP contribution in [0.15, 0.2) is 18.5 Å². The molecule has 0 fully saturated rings. The highest BCUT2D eigenvalue weighted by Gasteiger charge is 2.13. The van der Waals surface area contributed by atoms with Gasteiger partial charge < -0.3 is 25.3 Å². The Bertz CT molecular complexity index is 1080. The zero-order chi connectivity index (χ0) is 22.5. The fourth-order valence-electron chi connectivity index (χ4n) is 3.13. The van der Waals surface area contributed by atoms with E-state index in [2.05, 4.69) is 20.3 Å². The summed E-state index contributed by atoms with van der Waals surface area (Å²) in [4.78, 5) is 26.7. The van der Waals surface area contributed by atoms with Gasteiger partial charge in [0, 0.05) is 32.7 Å². The molecule has 2 aromatic heterocycles. The van der Waals surface area contributed by atoms with Crippen LogP contribution in [0.4, 0.5) is 21.0 Å². The number of aromatic nitrogens is 4. The number of hydrogen-bond donors (Lipinski definition) is 2. The number of alkyl carbamates (subject to hydrolysis) is 1. The van der Waals surface area contributed by atoms with Crippen LogP contribution in [-0.2, 0) is 17.8 Å². The van der Waals surface area contributed by atoms with E-state index in [-0.39, 0.29) is 19.0 Å². The van der Waals surface area contributed by atoms with Crippen LogP contribution >= 0.6 is 0 Å². The molecule has 3 aromatic rings. The van der Waals surface area contributed by atoms with E-state index in [0.717, 1.165) is 12.0 Å². The smallest absolute Gasteiger partial charge is 0.407 e. The van der Waals surface area contributed by atoms with Gasteiger partial charge >= 0.3 is 6.09 Å². The van der Waals surface area contributed by atoms with Gasteiger partial charge in [0.25, 0.3) is 0 Å². The molecule has 0 saturated carbocycles.